The van der Waals surface area contributed by atoms with Crippen LogP contribution in [0.2, 0.25) is 0 Å². The van der Waals surface area contributed by atoms with Gasteiger partial charge < -0.3 is 4.74 Å². The highest BCUT2D eigenvalue weighted by Gasteiger charge is 2.38. The van der Waals surface area contributed by atoms with Crippen LogP contribution in [0.5, 0.6) is 5.75 Å². The molecule has 1 unspecified atom stereocenters. The molecule has 8 heteroatoms. The number of ketones is 1. The quantitative estimate of drug-likeness (QED) is 0.697. The number of amidine groups is 1. The van der Waals surface area contributed by atoms with E-state index in [-0.39, 0.29) is 17.4 Å². The van der Waals surface area contributed by atoms with Gasteiger partial charge in [-0.1, -0.05) is 35.5 Å². The Bertz CT molecular complexity index is 1060. The molecule has 160 valence electrons. The summed E-state index contributed by atoms with van der Waals surface area (Å²) in [5, 5.41) is 4.88. The smallest absolute Gasteiger partial charge is 0.276 e. The Labute approximate surface area is 185 Å². The molecule has 0 radical (unpaired) electrons. The van der Waals surface area contributed by atoms with E-state index in [1.807, 2.05) is 63.2 Å². The van der Waals surface area contributed by atoms with Crippen molar-refractivity contribution in [1.82, 2.24) is 10.3 Å². The normalized spacial score (nSPS) is 17.3. The monoisotopic (exact) mass is 436 g/mol. The summed E-state index contributed by atoms with van der Waals surface area (Å²) >= 11 is 1.32. The molecule has 7 nitrogen and oxygen atoms in total. The largest absolute Gasteiger partial charge is 0.494 e. The second kappa shape index (κ2) is 8.85. The number of anilines is 1. The van der Waals surface area contributed by atoms with E-state index in [1.54, 1.807) is 22.2 Å². The zero-order chi connectivity index (χ0) is 22.0. The zero-order valence-corrected chi connectivity index (χ0v) is 18.5. The van der Waals surface area contributed by atoms with E-state index in [0.29, 0.717) is 17.3 Å². The molecule has 0 aromatic heterocycles. The van der Waals surface area contributed by atoms with Crippen LogP contribution in [-0.2, 0) is 4.79 Å². The Morgan fingerprint density at radius 2 is 1.94 bits per heavy atom. The van der Waals surface area contributed by atoms with Crippen molar-refractivity contribution in [2.75, 3.05) is 17.3 Å². The summed E-state index contributed by atoms with van der Waals surface area (Å²) in [7, 11) is 0. The number of fused-ring (bicyclic) bond motifs is 1. The average molecular weight is 437 g/mol. The molecular formula is C23H24N4O3S. The zero-order valence-electron chi connectivity index (χ0n) is 17.7. The first-order valence-electron chi connectivity index (χ1n) is 10.1. The van der Waals surface area contributed by atoms with E-state index in [9.17, 15) is 9.59 Å². The fourth-order valence-electron chi connectivity index (χ4n) is 3.54. The molecule has 1 N–H and O–H groups in total. The molecular weight excluding hydrogens is 412 g/mol. The number of carbonyl (C=O) groups is 2. The second-order valence-corrected chi connectivity index (χ2v) is 8.24. The van der Waals surface area contributed by atoms with Crippen LogP contribution in [0.1, 0.15) is 28.4 Å². The Morgan fingerprint density at radius 3 is 2.65 bits per heavy atom. The van der Waals surface area contributed by atoms with Crippen LogP contribution in [-0.4, -0.2) is 40.3 Å². The first kappa shape index (κ1) is 21.0. The van der Waals surface area contributed by atoms with Gasteiger partial charge >= 0.3 is 0 Å². The van der Waals surface area contributed by atoms with E-state index in [1.165, 1.54) is 11.8 Å². The predicted molar refractivity (Wildman–Crippen MR) is 123 cm³/mol. The van der Waals surface area contributed by atoms with Gasteiger partial charge in [0.1, 0.15) is 5.75 Å². The third kappa shape index (κ3) is 4.29. The van der Waals surface area contributed by atoms with Crippen LogP contribution in [0, 0.1) is 13.8 Å². The highest BCUT2D eigenvalue weighted by Crippen LogP contribution is 2.27. The van der Waals surface area contributed by atoms with Gasteiger partial charge in [-0.05, 0) is 50.6 Å². The maximum Gasteiger partial charge on any atom is 0.276 e. The number of thioether (sulfide) groups is 1. The molecule has 2 aromatic carbocycles. The Kier molecular flexibility index (Phi) is 5.99. The first-order valence-corrected chi connectivity index (χ1v) is 11.1. The molecule has 0 saturated carbocycles. The lowest BCUT2D eigenvalue weighted by molar-refractivity contribution is -0.122. The van der Waals surface area contributed by atoms with Crippen LogP contribution in [0.25, 0.3) is 0 Å². The number of hydrogen-bond acceptors (Lipinski definition) is 7. The Balaban J connectivity index is 1.42. The van der Waals surface area contributed by atoms with Crippen LogP contribution >= 0.6 is 11.8 Å². The minimum absolute atomic E-state index is 0.0389. The number of nitrogens with zero attached hydrogens (tertiary/aromatic N) is 3. The van der Waals surface area contributed by atoms with Gasteiger partial charge in [-0.2, -0.15) is 5.10 Å². The average Bonchev–Trinajstić information content (AvgIpc) is 3.17. The van der Waals surface area contributed by atoms with Gasteiger partial charge in [-0.15, -0.1) is 0 Å². The van der Waals surface area contributed by atoms with E-state index >= 15 is 0 Å². The summed E-state index contributed by atoms with van der Waals surface area (Å²) in [5.74, 6) is 0.901. The summed E-state index contributed by atoms with van der Waals surface area (Å²) in [5.41, 5.74) is 6.44. The van der Waals surface area contributed by atoms with Gasteiger partial charge in [0.15, 0.2) is 11.0 Å². The molecule has 0 bridgehead atoms. The number of benzene rings is 2. The molecule has 2 aliphatic heterocycles. The fourth-order valence-corrected chi connectivity index (χ4v) is 4.39. The van der Waals surface area contributed by atoms with E-state index in [4.69, 9.17) is 4.74 Å². The van der Waals surface area contributed by atoms with E-state index in [0.717, 1.165) is 22.6 Å². The SMILES string of the molecule is CCOc1ccc(N2C=CN3C(SCC(=O)c4ccc(C)cc4C)=NNC3C2=O)cc1. The standard InChI is InChI=1S/C23H24N4O3S/c1-4-30-18-8-6-17(7-9-18)26-11-12-27-21(22(26)29)24-25-23(27)31-14-20(28)19-10-5-15(2)13-16(19)3/h5-13,21,24H,4,14H2,1-3H3. The third-order valence-electron chi connectivity index (χ3n) is 5.07. The lowest BCUT2D eigenvalue weighted by Crippen LogP contribution is -2.52. The lowest BCUT2D eigenvalue weighted by Gasteiger charge is -2.31. The second-order valence-electron chi connectivity index (χ2n) is 7.30. The summed E-state index contributed by atoms with van der Waals surface area (Å²) < 4.78 is 5.46. The van der Waals surface area contributed by atoms with Crippen molar-refractivity contribution in [3.05, 3.63) is 71.6 Å². The number of carbonyl (C=O) groups excluding carboxylic acids is 2. The Morgan fingerprint density at radius 1 is 1.16 bits per heavy atom. The topological polar surface area (TPSA) is 74.2 Å². The van der Waals surface area contributed by atoms with Gasteiger partial charge in [-0.25, -0.2) is 0 Å². The van der Waals surface area contributed by atoms with E-state index in [2.05, 4.69) is 10.5 Å². The van der Waals surface area contributed by atoms with Crippen molar-refractivity contribution in [3.8, 4) is 5.75 Å². The number of amides is 1. The molecule has 2 heterocycles. The van der Waals surface area contributed by atoms with Gasteiger partial charge in [0.2, 0.25) is 6.17 Å². The number of nitrogens with one attached hydrogen (secondary N) is 1. The molecule has 2 aliphatic rings. The number of rotatable bonds is 6. The molecule has 1 atom stereocenters. The molecule has 1 amide bonds. The fraction of sp³-hybridized carbons (Fsp3) is 0.261. The Hall–Kier alpha value is -3.26. The van der Waals surface area contributed by atoms with Gasteiger partial charge in [0.25, 0.3) is 5.91 Å². The van der Waals surface area contributed by atoms with Crippen molar-refractivity contribution in [2.24, 2.45) is 5.10 Å². The molecule has 0 aliphatic carbocycles. The van der Waals surface area contributed by atoms with Gasteiger partial charge in [0, 0.05) is 23.7 Å². The highest BCUT2D eigenvalue weighted by atomic mass is 32.2. The summed E-state index contributed by atoms with van der Waals surface area (Å²) in [6.45, 7) is 6.46. The number of Topliss-reactive ketones (excluding diaryl/α,β-unsaturated/α-hetero) is 1. The molecule has 0 saturated heterocycles. The van der Waals surface area contributed by atoms with Crippen molar-refractivity contribution in [3.63, 3.8) is 0 Å². The van der Waals surface area contributed by atoms with Crippen molar-refractivity contribution in [2.45, 2.75) is 26.9 Å². The molecule has 0 fully saturated rings. The summed E-state index contributed by atoms with van der Waals surface area (Å²) in [4.78, 5) is 29.0. The maximum atomic E-state index is 13.0. The summed E-state index contributed by atoms with van der Waals surface area (Å²) in [6, 6.07) is 13.2. The van der Waals surface area contributed by atoms with Crippen LogP contribution < -0.4 is 15.1 Å². The van der Waals surface area contributed by atoms with Gasteiger partial charge in [-0.3, -0.25) is 24.8 Å². The van der Waals surface area contributed by atoms with Crippen molar-refractivity contribution >= 4 is 34.3 Å². The van der Waals surface area contributed by atoms with Crippen molar-refractivity contribution in [1.29, 1.82) is 0 Å². The van der Waals surface area contributed by atoms with Crippen LogP contribution in [0.4, 0.5) is 5.69 Å². The van der Waals surface area contributed by atoms with Crippen LogP contribution in [0.3, 0.4) is 0 Å². The van der Waals surface area contributed by atoms with Crippen molar-refractivity contribution < 1.29 is 14.3 Å². The minimum atomic E-state index is -0.629. The molecule has 0 spiro atoms. The van der Waals surface area contributed by atoms with Crippen LogP contribution in [0.15, 0.2) is 60.0 Å². The molecule has 4 rings (SSSR count). The molecule has 31 heavy (non-hydrogen) atoms. The predicted octanol–water partition coefficient (Wildman–Crippen LogP) is 3.64. The van der Waals surface area contributed by atoms with E-state index < -0.39 is 6.17 Å². The highest BCUT2D eigenvalue weighted by molar-refractivity contribution is 8.14. The maximum absolute atomic E-state index is 13.0. The number of ether oxygens (including phenoxy) is 1. The number of hydrogen-bond donors (Lipinski definition) is 1. The van der Waals surface area contributed by atoms with Gasteiger partial charge in [0.05, 0.1) is 12.4 Å². The minimum Gasteiger partial charge on any atom is -0.494 e. The lowest BCUT2D eigenvalue weighted by atomic mass is 10.0. The third-order valence-corrected chi connectivity index (χ3v) is 6.04. The molecule has 2 aromatic rings. The number of aryl methyl sites for hydroxylation is 2. The first-order chi connectivity index (χ1) is 15.0. The number of hydrazone groups is 1. The summed E-state index contributed by atoms with van der Waals surface area (Å²) in [6.07, 6.45) is 2.88.